The van der Waals surface area contributed by atoms with E-state index in [2.05, 4.69) is 165 Å². The van der Waals surface area contributed by atoms with Crippen LogP contribution in [0.2, 0.25) is 0 Å². The summed E-state index contributed by atoms with van der Waals surface area (Å²) in [6, 6.07) is 59.0. The topological polar surface area (TPSA) is 14.8 Å². The smallest absolute Gasteiger partial charge is 0.0629 e. The Kier molecular flexibility index (Phi) is 5.66. The summed E-state index contributed by atoms with van der Waals surface area (Å²) in [5.41, 5.74) is 10.8. The van der Waals surface area contributed by atoms with Crippen molar-refractivity contribution < 1.29 is 6.85 Å². The minimum absolute atomic E-state index is 0.204. The highest BCUT2D eigenvalue weighted by Crippen LogP contribution is 2.43. The Balaban J connectivity index is 1.02. The van der Waals surface area contributed by atoms with Crippen molar-refractivity contribution in [2.75, 3.05) is 0 Å². The summed E-state index contributed by atoms with van der Waals surface area (Å²) in [5, 5.41) is 9.16. The third-order valence-corrected chi connectivity index (χ3v) is 13.0. The normalized spacial score (nSPS) is 13.3. The molecule has 0 spiro atoms. The minimum atomic E-state index is -0.393. The van der Waals surface area contributed by atoms with Gasteiger partial charge in [-0.2, -0.15) is 0 Å². The van der Waals surface area contributed by atoms with E-state index in [1.165, 1.54) is 32.6 Å². The third kappa shape index (κ3) is 4.43. The maximum Gasteiger partial charge on any atom is 0.0629 e. The molecule has 0 aliphatic carbocycles. The van der Waals surface area contributed by atoms with Crippen LogP contribution in [0.15, 0.2) is 200 Å². The van der Waals surface area contributed by atoms with E-state index in [0.717, 1.165) is 70.1 Å². The molecule has 0 saturated heterocycles. The monoisotopic (exact) mass is 760 g/mol. The van der Waals surface area contributed by atoms with Crippen LogP contribution in [0.3, 0.4) is 0 Å². The van der Waals surface area contributed by atoms with Gasteiger partial charge >= 0.3 is 0 Å². The van der Waals surface area contributed by atoms with Crippen LogP contribution in [0.1, 0.15) is 6.85 Å². The molecule has 0 radical (unpaired) electrons. The average molecular weight is 761 g/mol. The molecular weight excluding hydrogens is 723 g/mol. The van der Waals surface area contributed by atoms with Crippen LogP contribution in [0, 0.1) is 0 Å². The summed E-state index contributed by atoms with van der Waals surface area (Å²) >= 11 is 1.69. The first-order chi connectivity index (χ1) is 30.9. The van der Waals surface area contributed by atoms with E-state index in [1.807, 2.05) is 18.2 Å². The molecule has 3 nitrogen and oxygen atoms in total. The lowest BCUT2D eigenvalue weighted by molar-refractivity contribution is 1.16. The predicted octanol–water partition coefficient (Wildman–Crippen LogP) is 15.0. The number of aromatic nitrogens is 3. The van der Waals surface area contributed by atoms with E-state index in [0.29, 0.717) is 5.56 Å². The number of para-hydroxylation sites is 4. The van der Waals surface area contributed by atoms with E-state index in [4.69, 9.17) is 6.85 Å². The summed E-state index contributed by atoms with van der Waals surface area (Å²) in [6.07, 6.45) is 0. The van der Waals surface area contributed by atoms with Gasteiger partial charge in [0.25, 0.3) is 0 Å². The summed E-state index contributed by atoms with van der Waals surface area (Å²) in [4.78, 5) is 0. The van der Waals surface area contributed by atoms with Gasteiger partial charge in [0.2, 0.25) is 0 Å². The van der Waals surface area contributed by atoms with Crippen molar-refractivity contribution in [3.8, 4) is 28.2 Å². The van der Waals surface area contributed by atoms with Gasteiger partial charge in [-0.15, -0.1) is 11.3 Å². The molecule has 0 bridgehead atoms. The summed E-state index contributed by atoms with van der Waals surface area (Å²) in [5.74, 6) is 0. The van der Waals surface area contributed by atoms with Crippen LogP contribution >= 0.6 is 11.3 Å². The van der Waals surface area contributed by atoms with E-state index < -0.39 is 6.04 Å². The molecule has 0 amide bonds. The molecule has 13 aromatic rings. The first-order valence-corrected chi connectivity index (χ1v) is 20.3. The predicted molar refractivity (Wildman–Crippen MR) is 248 cm³/mol. The zero-order chi connectivity index (χ0) is 42.2. The van der Waals surface area contributed by atoms with Gasteiger partial charge in [-0.25, -0.2) is 0 Å². The molecule has 4 heterocycles. The van der Waals surface area contributed by atoms with Crippen LogP contribution < -0.4 is 0 Å². The maximum atomic E-state index is 8.72. The van der Waals surface area contributed by atoms with Gasteiger partial charge in [-0.05, 0) is 96.1 Å². The van der Waals surface area contributed by atoms with Gasteiger partial charge in [0, 0.05) is 63.9 Å². The highest BCUT2D eigenvalue weighted by Gasteiger charge is 2.20. The van der Waals surface area contributed by atoms with Crippen molar-refractivity contribution >= 4 is 96.9 Å². The third-order valence-electron chi connectivity index (χ3n) is 11.9. The number of nitrogens with zero attached hydrogens (tertiary/aromatic N) is 3. The van der Waals surface area contributed by atoms with Gasteiger partial charge in [-0.1, -0.05) is 115 Å². The van der Waals surface area contributed by atoms with E-state index in [-0.39, 0.29) is 29.7 Å². The second-order valence-electron chi connectivity index (χ2n) is 14.9. The second kappa shape index (κ2) is 12.1. The fraction of sp³-hybridized carbons (Fsp3) is 0. The Morgan fingerprint density at radius 1 is 0.345 bits per heavy atom. The molecule has 0 saturated carbocycles. The molecule has 4 heteroatoms. The molecule has 0 unspecified atom stereocenters. The number of rotatable bonds is 4. The van der Waals surface area contributed by atoms with Crippen LogP contribution in [0.4, 0.5) is 0 Å². The van der Waals surface area contributed by atoms with Crippen molar-refractivity contribution in [1.29, 1.82) is 0 Å². The second-order valence-corrected chi connectivity index (χ2v) is 16.0. The van der Waals surface area contributed by atoms with Gasteiger partial charge in [0.15, 0.2) is 0 Å². The Morgan fingerprint density at radius 3 is 1.43 bits per heavy atom. The van der Waals surface area contributed by atoms with E-state index in [9.17, 15) is 0 Å². The van der Waals surface area contributed by atoms with Crippen molar-refractivity contribution in [2.45, 2.75) is 0 Å². The van der Waals surface area contributed by atoms with Gasteiger partial charge in [-0.3, -0.25) is 0 Å². The van der Waals surface area contributed by atoms with Gasteiger partial charge in [0.1, 0.15) is 0 Å². The Bertz CT molecular complexity index is 4030. The van der Waals surface area contributed by atoms with E-state index in [1.54, 1.807) is 11.3 Å². The van der Waals surface area contributed by atoms with Crippen molar-refractivity contribution in [3.63, 3.8) is 0 Å². The highest BCUT2D eigenvalue weighted by atomic mass is 32.1. The minimum Gasteiger partial charge on any atom is -0.309 e. The van der Waals surface area contributed by atoms with Crippen molar-refractivity contribution in [3.05, 3.63) is 200 Å². The Hall–Kier alpha value is -7.40. The van der Waals surface area contributed by atoms with E-state index >= 15 is 0 Å². The molecule has 58 heavy (non-hydrogen) atoms. The Morgan fingerprint density at radius 2 is 0.845 bits per heavy atom. The number of thiophene rings is 1. The Labute approximate surface area is 344 Å². The van der Waals surface area contributed by atoms with Gasteiger partial charge < -0.3 is 13.7 Å². The molecule has 4 aromatic heterocycles. The quantitative estimate of drug-likeness (QED) is 0.170. The average Bonchev–Trinajstić information content (AvgIpc) is 4.06. The van der Waals surface area contributed by atoms with Crippen LogP contribution in [0.25, 0.3) is 114 Å². The standard InChI is InChI=1S/C54H33N3S/c1-2-13-34(14-3-1)35-25-30-52-44(31-35)54-51(23-12-24-53(54)58-52)57-48-22-11-7-18-41(48)43-33-37(27-29-50(43)57)56-47-21-10-6-17-40(47)42-32-36(26-28-49(42)56)55-45-19-8-4-15-38(45)39-16-5-9-20-46(39)55/h1-33H/i1D,2D,3D,13D,14D. The molecule has 0 atom stereocenters. The lowest BCUT2D eigenvalue weighted by Gasteiger charge is -2.12. The number of hydrogen-bond donors (Lipinski definition) is 0. The highest BCUT2D eigenvalue weighted by molar-refractivity contribution is 7.25. The zero-order valence-corrected chi connectivity index (χ0v) is 31.7. The summed E-state index contributed by atoms with van der Waals surface area (Å²) < 4.78 is 51.6. The fourth-order valence-corrected chi connectivity index (χ4v) is 10.6. The van der Waals surface area contributed by atoms with Crippen LogP contribution in [0.5, 0.6) is 0 Å². The molecular formula is C54H33N3S. The lowest BCUT2D eigenvalue weighted by atomic mass is 10.0. The van der Waals surface area contributed by atoms with Crippen molar-refractivity contribution in [1.82, 2.24) is 13.7 Å². The molecule has 9 aromatic carbocycles. The van der Waals surface area contributed by atoms with Crippen molar-refractivity contribution in [2.24, 2.45) is 0 Å². The number of fused-ring (bicyclic) bond motifs is 12. The summed E-state index contributed by atoms with van der Waals surface area (Å²) in [7, 11) is 0. The lowest BCUT2D eigenvalue weighted by Crippen LogP contribution is -1.97. The first kappa shape index (κ1) is 27.2. The zero-order valence-electron chi connectivity index (χ0n) is 35.9. The van der Waals surface area contributed by atoms with Crippen LogP contribution in [-0.4, -0.2) is 13.7 Å². The maximum absolute atomic E-state index is 8.72. The fourth-order valence-electron chi connectivity index (χ4n) is 9.48. The summed E-state index contributed by atoms with van der Waals surface area (Å²) in [6.45, 7) is 0. The number of benzene rings is 9. The molecule has 0 N–H and O–H groups in total. The molecule has 0 aliphatic rings. The molecule has 13 rings (SSSR count). The molecule has 270 valence electrons. The molecule has 0 aliphatic heterocycles. The van der Waals surface area contributed by atoms with Crippen LogP contribution in [-0.2, 0) is 0 Å². The SMILES string of the molecule is [2H]c1c([2H])c([2H])c(-c2ccc3sc4cccc(-n5c6ccccc6c6cc(-n7c8ccccc8c8cc(-n9c%10ccccc%10c%10ccccc%109)ccc87)ccc65)c4c3c2)c([2H])c1[2H]. The molecule has 0 fully saturated rings. The number of hydrogen-bond acceptors (Lipinski definition) is 1. The van der Waals surface area contributed by atoms with Gasteiger partial charge in [0.05, 0.1) is 45.6 Å². The first-order valence-electron chi connectivity index (χ1n) is 21.9. The largest absolute Gasteiger partial charge is 0.309 e.